The molecule has 4 rings (SSSR count). The molecule has 0 aromatic heterocycles. The number of amides is 1. The summed E-state index contributed by atoms with van der Waals surface area (Å²) >= 11 is 0. The van der Waals surface area contributed by atoms with E-state index in [9.17, 15) is 20.0 Å². The molecule has 0 unspecified atom stereocenters. The third-order valence-corrected chi connectivity index (χ3v) is 5.74. The average molecular weight is 414 g/mol. The molecule has 0 saturated heterocycles. The minimum absolute atomic E-state index is 0.0405. The molecule has 1 heterocycles. The van der Waals surface area contributed by atoms with Crippen molar-refractivity contribution in [1.82, 2.24) is 0 Å². The molecule has 1 amide bonds. The van der Waals surface area contributed by atoms with Crippen LogP contribution in [0.25, 0.3) is 0 Å². The van der Waals surface area contributed by atoms with Crippen molar-refractivity contribution in [3.8, 4) is 0 Å². The number of carbonyl (C=O) groups is 1. The van der Waals surface area contributed by atoms with E-state index in [1.54, 1.807) is 6.08 Å². The minimum atomic E-state index is -1.90. The van der Waals surface area contributed by atoms with Crippen molar-refractivity contribution < 1.29 is 14.8 Å². The van der Waals surface area contributed by atoms with Gasteiger partial charge in [-0.15, -0.1) is 6.58 Å². The van der Waals surface area contributed by atoms with Gasteiger partial charge in [-0.1, -0.05) is 66.7 Å². The second-order valence-corrected chi connectivity index (χ2v) is 7.65. The number of hydrogen-bond donors (Lipinski definition) is 1. The lowest BCUT2D eigenvalue weighted by Gasteiger charge is -2.27. The molecule has 3 aromatic carbocycles. The lowest BCUT2D eigenvalue weighted by atomic mass is 9.82. The van der Waals surface area contributed by atoms with Crippen molar-refractivity contribution in [3.05, 3.63) is 118 Å². The fourth-order valence-corrected chi connectivity index (χ4v) is 4.13. The van der Waals surface area contributed by atoms with Gasteiger partial charge in [0.05, 0.1) is 17.2 Å². The quantitative estimate of drug-likeness (QED) is 0.345. The Morgan fingerprint density at radius 2 is 1.71 bits per heavy atom. The number of rotatable bonds is 7. The summed E-state index contributed by atoms with van der Waals surface area (Å²) in [6.45, 7) is 4.14. The van der Waals surface area contributed by atoms with Crippen LogP contribution in [0, 0.1) is 10.1 Å². The van der Waals surface area contributed by atoms with E-state index in [4.69, 9.17) is 0 Å². The number of non-ortho nitro benzene ring substituents is 1. The molecule has 1 N–H and O–H groups in total. The molecule has 1 aliphatic heterocycles. The number of benzene rings is 3. The number of nitro groups is 1. The lowest BCUT2D eigenvalue weighted by molar-refractivity contribution is -0.385. The molecule has 2 atom stereocenters. The molecule has 156 valence electrons. The van der Waals surface area contributed by atoms with Gasteiger partial charge in [0.1, 0.15) is 0 Å². The zero-order valence-corrected chi connectivity index (χ0v) is 16.8. The van der Waals surface area contributed by atoms with E-state index in [-0.39, 0.29) is 30.1 Å². The Hall–Kier alpha value is -3.77. The standard InChI is InChI=1S/C25H22N2O4/c1-2-19(20-11-7-4-8-12-20)16-25(29)22-15-21(27(30)31)13-14-23(22)26(24(25)28)17-18-9-5-3-6-10-18/h2-15,19,29H,1,16-17H2/t19-,25+/m0/s1. The van der Waals surface area contributed by atoms with Gasteiger partial charge in [-0.2, -0.15) is 0 Å². The van der Waals surface area contributed by atoms with Crippen LogP contribution in [-0.2, 0) is 16.9 Å². The molecule has 31 heavy (non-hydrogen) atoms. The molecule has 3 aromatic rings. The molecule has 6 heteroatoms. The van der Waals surface area contributed by atoms with Crippen molar-refractivity contribution in [2.45, 2.75) is 24.5 Å². The summed E-state index contributed by atoms with van der Waals surface area (Å²) in [6.07, 6.45) is 1.73. The fourth-order valence-electron chi connectivity index (χ4n) is 4.13. The highest BCUT2D eigenvalue weighted by molar-refractivity contribution is 6.07. The highest BCUT2D eigenvalue weighted by Crippen LogP contribution is 2.47. The maximum Gasteiger partial charge on any atom is 0.269 e. The SMILES string of the molecule is C=C[C@@H](C[C@]1(O)C(=O)N(Cc2ccccc2)c2ccc([N+](=O)[O-])cc21)c1ccccc1. The van der Waals surface area contributed by atoms with Gasteiger partial charge in [-0.25, -0.2) is 0 Å². The molecular formula is C25H22N2O4. The average Bonchev–Trinajstić information content (AvgIpc) is 3.00. The predicted molar refractivity (Wildman–Crippen MR) is 119 cm³/mol. The van der Waals surface area contributed by atoms with Crippen LogP contribution in [0.2, 0.25) is 0 Å². The number of fused-ring (bicyclic) bond motifs is 1. The molecule has 0 saturated carbocycles. The largest absolute Gasteiger partial charge is 0.375 e. The van der Waals surface area contributed by atoms with Crippen LogP contribution >= 0.6 is 0 Å². The molecule has 6 nitrogen and oxygen atoms in total. The van der Waals surface area contributed by atoms with Crippen molar-refractivity contribution in [2.24, 2.45) is 0 Å². The summed E-state index contributed by atoms with van der Waals surface area (Å²) in [6, 6.07) is 23.1. The highest BCUT2D eigenvalue weighted by atomic mass is 16.6. The Morgan fingerprint density at radius 3 is 2.32 bits per heavy atom. The Labute approximate surface area is 180 Å². The van der Waals surface area contributed by atoms with E-state index in [1.165, 1.54) is 23.1 Å². The smallest absolute Gasteiger partial charge is 0.269 e. The highest BCUT2D eigenvalue weighted by Gasteiger charge is 2.51. The first-order valence-electron chi connectivity index (χ1n) is 9.98. The lowest BCUT2D eigenvalue weighted by Crippen LogP contribution is -2.41. The number of carbonyl (C=O) groups excluding carboxylic acids is 1. The van der Waals surface area contributed by atoms with Crippen molar-refractivity contribution in [2.75, 3.05) is 4.90 Å². The number of allylic oxidation sites excluding steroid dienone is 1. The van der Waals surface area contributed by atoms with Gasteiger partial charge in [0.25, 0.3) is 11.6 Å². The summed E-state index contributed by atoms with van der Waals surface area (Å²) in [5.41, 5.74) is 0.481. The molecule has 0 fully saturated rings. The summed E-state index contributed by atoms with van der Waals surface area (Å²) in [4.78, 5) is 25.9. The number of nitro benzene ring substituents is 1. The number of nitrogens with zero attached hydrogens (tertiary/aromatic N) is 2. The van der Waals surface area contributed by atoms with E-state index in [0.29, 0.717) is 5.69 Å². The van der Waals surface area contributed by atoms with Crippen LogP contribution in [0.3, 0.4) is 0 Å². The molecule has 0 bridgehead atoms. The summed E-state index contributed by atoms with van der Waals surface area (Å²) in [7, 11) is 0. The fraction of sp³-hybridized carbons (Fsp3) is 0.160. The molecule has 0 radical (unpaired) electrons. The predicted octanol–water partition coefficient (Wildman–Crippen LogP) is 4.69. The van der Waals surface area contributed by atoms with Gasteiger partial charge in [-0.05, 0) is 23.6 Å². The molecule has 0 spiro atoms. The van der Waals surface area contributed by atoms with Gasteiger partial charge >= 0.3 is 0 Å². The van der Waals surface area contributed by atoms with Crippen LogP contribution in [0.5, 0.6) is 0 Å². The number of anilines is 1. The third-order valence-electron chi connectivity index (χ3n) is 5.74. The van der Waals surface area contributed by atoms with E-state index >= 15 is 0 Å². The van der Waals surface area contributed by atoms with Crippen LogP contribution < -0.4 is 4.90 Å². The van der Waals surface area contributed by atoms with Gasteiger partial charge in [0.15, 0.2) is 5.60 Å². The molecule has 1 aliphatic rings. The zero-order chi connectivity index (χ0) is 22.0. The maximum atomic E-state index is 13.5. The van der Waals surface area contributed by atoms with Crippen LogP contribution in [0.4, 0.5) is 11.4 Å². The Kier molecular flexibility index (Phi) is 5.40. The normalized spacial score (nSPS) is 18.5. The van der Waals surface area contributed by atoms with Crippen LogP contribution in [-0.4, -0.2) is 15.9 Å². The van der Waals surface area contributed by atoms with E-state index < -0.39 is 16.4 Å². The van der Waals surface area contributed by atoms with Crippen molar-refractivity contribution in [1.29, 1.82) is 0 Å². The van der Waals surface area contributed by atoms with E-state index in [1.807, 2.05) is 60.7 Å². The first kappa shape index (κ1) is 20.5. The first-order valence-corrected chi connectivity index (χ1v) is 9.98. The van der Waals surface area contributed by atoms with Gasteiger partial charge in [-0.3, -0.25) is 14.9 Å². The van der Waals surface area contributed by atoms with Gasteiger partial charge < -0.3 is 10.0 Å². The maximum absolute atomic E-state index is 13.5. The monoisotopic (exact) mass is 414 g/mol. The Bertz CT molecular complexity index is 1130. The summed E-state index contributed by atoms with van der Waals surface area (Å²) in [5.74, 6) is -0.798. The first-order chi connectivity index (χ1) is 14.9. The van der Waals surface area contributed by atoms with Crippen molar-refractivity contribution in [3.63, 3.8) is 0 Å². The van der Waals surface area contributed by atoms with Crippen LogP contribution in [0.1, 0.15) is 29.0 Å². The second-order valence-electron chi connectivity index (χ2n) is 7.65. The number of aliphatic hydroxyl groups is 1. The molecule has 0 aliphatic carbocycles. The zero-order valence-electron chi connectivity index (χ0n) is 16.8. The molecular weight excluding hydrogens is 392 g/mol. The second kappa shape index (κ2) is 8.16. The van der Waals surface area contributed by atoms with E-state index in [0.717, 1.165) is 11.1 Å². The summed E-state index contributed by atoms with van der Waals surface area (Å²) in [5, 5.41) is 23.0. The Balaban J connectivity index is 1.78. The van der Waals surface area contributed by atoms with Crippen LogP contribution in [0.15, 0.2) is 91.5 Å². The minimum Gasteiger partial charge on any atom is -0.375 e. The number of hydrogen-bond acceptors (Lipinski definition) is 4. The topological polar surface area (TPSA) is 83.7 Å². The van der Waals surface area contributed by atoms with Gasteiger partial charge in [0.2, 0.25) is 0 Å². The van der Waals surface area contributed by atoms with Crippen molar-refractivity contribution >= 4 is 17.3 Å². The van der Waals surface area contributed by atoms with E-state index in [2.05, 4.69) is 6.58 Å². The third kappa shape index (κ3) is 3.73. The van der Waals surface area contributed by atoms with Gasteiger partial charge in [0, 0.05) is 23.6 Å². The Morgan fingerprint density at radius 1 is 1.06 bits per heavy atom. The summed E-state index contributed by atoms with van der Waals surface area (Å²) < 4.78 is 0.